The van der Waals surface area contributed by atoms with Crippen LogP contribution in [0.1, 0.15) is 36.0 Å². The fraction of sp³-hybridized carbons (Fsp3) is 0.353. The van der Waals surface area contributed by atoms with Gasteiger partial charge in [-0.3, -0.25) is 4.90 Å². The number of aryl methyl sites for hydroxylation is 1. The van der Waals surface area contributed by atoms with Gasteiger partial charge >= 0.3 is 0 Å². The van der Waals surface area contributed by atoms with Crippen LogP contribution in [0.2, 0.25) is 0 Å². The van der Waals surface area contributed by atoms with Gasteiger partial charge in [0, 0.05) is 12.6 Å². The first-order valence-electron chi connectivity index (χ1n) is 7.93. The molecule has 23 heavy (non-hydrogen) atoms. The van der Waals surface area contributed by atoms with Gasteiger partial charge in [0.1, 0.15) is 0 Å². The van der Waals surface area contributed by atoms with Gasteiger partial charge in [-0.1, -0.05) is 23.4 Å². The van der Waals surface area contributed by atoms with Gasteiger partial charge in [-0.2, -0.15) is 15.0 Å². The first-order valence-corrected chi connectivity index (χ1v) is 7.93. The van der Waals surface area contributed by atoms with E-state index in [0.717, 1.165) is 48.8 Å². The maximum atomic E-state index is 5.46. The molecule has 6 heteroatoms. The molecule has 0 bridgehead atoms. The van der Waals surface area contributed by atoms with Crippen molar-refractivity contribution in [2.45, 2.75) is 32.4 Å². The predicted molar refractivity (Wildman–Crippen MR) is 85.0 cm³/mol. The number of benzene rings is 1. The number of para-hydroxylation sites is 1. The van der Waals surface area contributed by atoms with Gasteiger partial charge in [0.05, 0.1) is 29.3 Å². The average Bonchev–Trinajstić information content (AvgIpc) is 3.29. The molecule has 0 aliphatic carbocycles. The first kappa shape index (κ1) is 14.1. The molecule has 0 unspecified atom stereocenters. The molecule has 0 spiro atoms. The fourth-order valence-corrected chi connectivity index (χ4v) is 3.14. The van der Waals surface area contributed by atoms with E-state index >= 15 is 0 Å². The molecule has 118 valence electrons. The zero-order valence-corrected chi connectivity index (χ0v) is 13.1. The topological polar surface area (TPSA) is 60.0 Å². The van der Waals surface area contributed by atoms with Gasteiger partial charge in [-0.25, -0.2) is 0 Å². The third kappa shape index (κ3) is 2.90. The van der Waals surface area contributed by atoms with Gasteiger partial charge in [-0.05, 0) is 38.4 Å². The lowest BCUT2D eigenvalue weighted by Gasteiger charge is -2.20. The molecule has 2 aromatic heterocycles. The molecule has 1 aliphatic rings. The number of rotatable bonds is 4. The highest BCUT2D eigenvalue weighted by Crippen LogP contribution is 2.33. The first-order chi connectivity index (χ1) is 11.3. The summed E-state index contributed by atoms with van der Waals surface area (Å²) in [6.45, 7) is 3.78. The maximum Gasteiger partial charge on any atom is 0.154 e. The summed E-state index contributed by atoms with van der Waals surface area (Å²) in [5.41, 5.74) is 2.88. The Balaban J connectivity index is 1.50. The molecule has 3 heterocycles. The Morgan fingerprint density at radius 3 is 2.91 bits per heavy atom. The van der Waals surface area contributed by atoms with Crippen LogP contribution in [0, 0.1) is 6.92 Å². The molecule has 0 saturated carbocycles. The monoisotopic (exact) mass is 309 g/mol. The molecule has 1 fully saturated rings. The van der Waals surface area contributed by atoms with Gasteiger partial charge in [-0.15, -0.1) is 0 Å². The van der Waals surface area contributed by atoms with Crippen LogP contribution in [0.15, 0.2) is 47.1 Å². The predicted octanol–water partition coefficient (Wildman–Crippen LogP) is 2.90. The minimum Gasteiger partial charge on any atom is -0.359 e. The summed E-state index contributed by atoms with van der Waals surface area (Å²) in [5.74, 6) is 0.954. The quantitative estimate of drug-likeness (QED) is 0.741. The smallest absolute Gasteiger partial charge is 0.154 e. The highest BCUT2D eigenvalue weighted by Gasteiger charge is 2.29. The molecule has 0 amide bonds. The molecular weight excluding hydrogens is 290 g/mol. The van der Waals surface area contributed by atoms with Crippen molar-refractivity contribution in [2.75, 3.05) is 6.54 Å². The van der Waals surface area contributed by atoms with Crippen LogP contribution in [0.4, 0.5) is 0 Å². The normalized spacial score (nSPS) is 18.6. The number of hydrogen-bond donors (Lipinski definition) is 0. The van der Waals surface area contributed by atoms with Crippen molar-refractivity contribution in [3.63, 3.8) is 0 Å². The van der Waals surface area contributed by atoms with Crippen LogP contribution in [0.3, 0.4) is 0 Å². The molecular formula is C17H19N5O. The van der Waals surface area contributed by atoms with E-state index in [2.05, 4.69) is 20.3 Å². The van der Waals surface area contributed by atoms with E-state index in [9.17, 15) is 0 Å². The number of nitrogens with zero attached hydrogens (tertiary/aromatic N) is 5. The zero-order valence-electron chi connectivity index (χ0n) is 13.1. The number of likely N-dealkylation sites (tertiary alicyclic amines) is 1. The van der Waals surface area contributed by atoms with Crippen LogP contribution in [0.25, 0.3) is 5.69 Å². The Morgan fingerprint density at radius 1 is 1.26 bits per heavy atom. The van der Waals surface area contributed by atoms with Crippen molar-refractivity contribution in [1.82, 2.24) is 25.1 Å². The van der Waals surface area contributed by atoms with E-state index in [1.54, 1.807) is 4.80 Å². The fourth-order valence-electron chi connectivity index (χ4n) is 3.14. The van der Waals surface area contributed by atoms with Crippen LogP contribution in [-0.2, 0) is 6.54 Å². The molecule has 3 aromatic rings. The summed E-state index contributed by atoms with van der Waals surface area (Å²) in [4.78, 5) is 4.07. The molecule has 1 aliphatic heterocycles. The lowest BCUT2D eigenvalue weighted by molar-refractivity contribution is 0.204. The second-order valence-corrected chi connectivity index (χ2v) is 5.96. The average molecular weight is 309 g/mol. The van der Waals surface area contributed by atoms with E-state index in [-0.39, 0.29) is 6.04 Å². The standard InChI is InChI=1S/C17H19N5O/c1-13-10-17(23-20-13)16-8-5-9-21(16)12-14-11-18-22(19-14)15-6-3-2-4-7-15/h2-4,6-7,10-11,16H,5,8-9,12H2,1H3/t16-/m1/s1. The second-order valence-electron chi connectivity index (χ2n) is 5.96. The molecule has 1 aromatic carbocycles. The Kier molecular flexibility index (Phi) is 3.67. The molecule has 6 nitrogen and oxygen atoms in total. The lowest BCUT2D eigenvalue weighted by Crippen LogP contribution is -2.22. The second kappa shape index (κ2) is 5.96. The summed E-state index contributed by atoms with van der Waals surface area (Å²) in [6, 6.07) is 12.3. The third-order valence-corrected chi connectivity index (χ3v) is 4.23. The number of aromatic nitrogens is 4. The van der Waals surface area contributed by atoms with Gasteiger partial charge in [0.15, 0.2) is 5.76 Å². The lowest BCUT2D eigenvalue weighted by atomic mass is 10.1. The minimum absolute atomic E-state index is 0.290. The number of hydrogen-bond acceptors (Lipinski definition) is 5. The SMILES string of the molecule is Cc1cc([C@H]2CCCN2Cc2cnn(-c3ccccc3)n2)on1. The van der Waals surface area contributed by atoms with E-state index < -0.39 is 0 Å². The van der Waals surface area contributed by atoms with E-state index in [1.807, 2.05) is 49.5 Å². The van der Waals surface area contributed by atoms with Crippen molar-refractivity contribution < 1.29 is 4.52 Å². The van der Waals surface area contributed by atoms with Gasteiger partial charge < -0.3 is 4.52 Å². The summed E-state index contributed by atoms with van der Waals surface area (Å²) < 4.78 is 5.46. The molecule has 4 rings (SSSR count). The molecule has 0 radical (unpaired) electrons. The van der Waals surface area contributed by atoms with Crippen LogP contribution in [0.5, 0.6) is 0 Å². The highest BCUT2D eigenvalue weighted by atomic mass is 16.5. The van der Waals surface area contributed by atoms with E-state index in [0.29, 0.717) is 0 Å². The zero-order chi connectivity index (χ0) is 15.6. The Morgan fingerprint density at radius 2 is 2.13 bits per heavy atom. The van der Waals surface area contributed by atoms with Crippen molar-refractivity contribution in [3.8, 4) is 5.69 Å². The summed E-state index contributed by atoms with van der Waals surface area (Å²) in [5, 5.41) is 13.0. The Hall–Kier alpha value is -2.47. The van der Waals surface area contributed by atoms with Crippen LogP contribution < -0.4 is 0 Å². The van der Waals surface area contributed by atoms with Crippen molar-refractivity contribution in [2.24, 2.45) is 0 Å². The van der Waals surface area contributed by atoms with Crippen molar-refractivity contribution >= 4 is 0 Å². The minimum atomic E-state index is 0.290. The molecule has 1 saturated heterocycles. The maximum absolute atomic E-state index is 5.46. The summed E-state index contributed by atoms with van der Waals surface area (Å²) in [6.07, 6.45) is 4.10. The largest absolute Gasteiger partial charge is 0.359 e. The van der Waals surface area contributed by atoms with Crippen molar-refractivity contribution in [1.29, 1.82) is 0 Å². The Bertz CT molecular complexity index is 779. The van der Waals surface area contributed by atoms with Gasteiger partial charge in [0.2, 0.25) is 0 Å². The Labute approximate surface area is 134 Å². The molecule has 0 N–H and O–H groups in total. The molecule has 1 atom stereocenters. The highest BCUT2D eigenvalue weighted by molar-refractivity contribution is 5.28. The third-order valence-electron chi connectivity index (χ3n) is 4.23. The summed E-state index contributed by atoms with van der Waals surface area (Å²) >= 11 is 0. The van der Waals surface area contributed by atoms with Crippen LogP contribution in [-0.4, -0.2) is 31.6 Å². The van der Waals surface area contributed by atoms with Crippen LogP contribution >= 0.6 is 0 Å². The van der Waals surface area contributed by atoms with E-state index in [4.69, 9.17) is 4.52 Å². The summed E-state index contributed by atoms with van der Waals surface area (Å²) in [7, 11) is 0. The van der Waals surface area contributed by atoms with Crippen molar-refractivity contribution in [3.05, 3.63) is 59.7 Å². The van der Waals surface area contributed by atoms with Gasteiger partial charge in [0.25, 0.3) is 0 Å². The van der Waals surface area contributed by atoms with E-state index in [1.165, 1.54) is 0 Å².